The van der Waals surface area contributed by atoms with E-state index in [0.29, 0.717) is 5.56 Å². The fraction of sp³-hybridized carbons (Fsp3) is 0.467. The van der Waals surface area contributed by atoms with E-state index in [2.05, 4.69) is 10.2 Å². The van der Waals surface area contributed by atoms with E-state index >= 15 is 0 Å². The number of nitrogens with zero attached hydrogens (tertiary/aromatic N) is 1. The Hall–Kier alpha value is -1.88. The van der Waals surface area contributed by atoms with Crippen LogP contribution in [0.5, 0.6) is 0 Å². The molecule has 5 nitrogen and oxygen atoms in total. The molecule has 1 heterocycles. The third-order valence-electron chi connectivity index (χ3n) is 3.44. The first-order valence-corrected chi connectivity index (χ1v) is 6.96. The van der Waals surface area contributed by atoms with E-state index < -0.39 is 5.97 Å². The Bertz CT molecular complexity index is 482. The number of carboxylic acid groups (broad SMARTS) is 1. The molecule has 1 aromatic carbocycles. The molecule has 0 spiro atoms. The molecule has 108 valence electrons. The minimum Gasteiger partial charge on any atom is -0.480 e. The maximum atomic E-state index is 11.8. The highest BCUT2D eigenvalue weighted by molar-refractivity contribution is 5.95. The van der Waals surface area contributed by atoms with Gasteiger partial charge in [-0.3, -0.25) is 14.5 Å². The number of carbonyl (C=O) groups is 2. The van der Waals surface area contributed by atoms with Crippen molar-refractivity contribution in [1.82, 2.24) is 10.2 Å². The van der Waals surface area contributed by atoms with Crippen molar-refractivity contribution in [1.29, 1.82) is 0 Å². The van der Waals surface area contributed by atoms with Crippen LogP contribution in [0.2, 0.25) is 0 Å². The molecule has 2 N–H and O–H groups in total. The summed E-state index contributed by atoms with van der Waals surface area (Å²) in [6.07, 6.45) is 3.77. The Kier molecular flexibility index (Phi) is 5.12. The first-order chi connectivity index (χ1) is 9.65. The van der Waals surface area contributed by atoms with E-state index in [1.807, 2.05) is 18.2 Å². The van der Waals surface area contributed by atoms with E-state index in [1.54, 1.807) is 6.07 Å². The van der Waals surface area contributed by atoms with Crippen molar-refractivity contribution in [3.8, 4) is 0 Å². The average Bonchev–Trinajstić information content (AvgIpc) is 2.46. The third-order valence-corrected chi connectivity index (χ3v) is 3.44. The molecule has 0 unspecified atom stereocenters. The number of benzene rings is 1. The Morgan fingerprint density at radius 3 is 2.65 bits per heavy atom. The van der Waals surface area contributed by atoms with Crippen LogP contribution in [0.15, 0.2) is 24.3 Å². The van der Waals surface area contributed by atoms with Gasteiger partial charge in [0.15, 0.2) is 0 Å². The lowest BCUT2D eigenvalue weighted by Crippen LogP contribution is -2.30. The molecule has 0 aliphatic carbocycles. The summed E-state index contributed by atoms with van der Waals surface area (Å²) in [5.41, 5.74) is 1.61. The average molecular weight is 276 g/mol. The Labute approximate surface area is 118 Å². The van der Waals surface area contributed by atoms with Crippen LogP contribution < -0.4 is 5.32 Å². The second-order valence-corrected chi connectivity index (χ2v) is 5.11. The van der Waals surface area contributed by atoms with Gasteiger partial charge in [-0.25, -0.2) is 0 Å². The number of hydrogen-bond acceptors (Lipinski definition) is 3. The summed E-state index contributed by atoms with van der Waals surface area (Å²) in [6.45, 7) is 2.71. The van der Waals surface area contributed by atoms with Crippen LogP contribution in [-0.2, 0) is 11.3 Å². The van der Waals surface area contributed by atoms with E-state index in [9.17, 15) is 9.59 Å². The molecule has 5 heteroatoms. The molecule has 0 atom stereocenters. The van der Waals surface area contributed by atoms with E-state index in [1.165, 1.54) is 19.3 Å². The zero-order valence-electron chi connectivity index (χ0n) is 11.5. The van der Waals surface area contributed by atoms with Crippen molar-refractivity contribution in [3.63, 3.8) is 0 Å². The molecule has 1 aliphatic heterocycles. The number of likely N-dealkylation sites (tertiary alicyclic amines) is 1. The third kappa shape index (κ3) is 4.35. The van der Waals surface area contributed by atoms with Crippen molar-refractivity contribution in [3.05, 3.63) is 35.4 Å². The monoisotopic (exact) mass is 276 g/mol. The quantitative estimate of drug-likeness (QED) is 0.855. The van der Waals surface area contributed by atoms with Gasteiger partial charge in [0, 0.05) is 12.1 Å². The molecule has 0 aromatic heterocycles. The molecular weight excluding hydrogens is 256 g/mol. The minimum atomic E-state index is -1.04. The highest BCUT2D eigenvalue weighted by Gasteiger charge is 2.12. The molecule has 1 aliphatic rings. The minimum absolute atomic E-state index is 0.340. The molecular formula is C15H20N2O3. The molecule has 1 amide bonds. The highest BCUT2D eigenvalue weighted by Crippen LogP contribution is 2.14. The lowest BCUT2D eigenvalue weighted by Gasteiger charge is -2.26. The van der Waals surface area contributed by atoms with Gasteiger partial charge in [-0.1, -0.05) is 18.6 Å². The summed E-state index contributed by atoms with van der Waals surface area (Å²) in [4.78, 5) is 24.6. The van der Waals surface area contributed by atoms with E-state index in [-0.39, 0.29) is 12.5 Å². The van der Waals surface area contributed by atoms with Crippen molar-refractivity contribution in [2.24, 2.45) is 0 Å². The second kappa shape index (κ2) is 7.05. The lowest BCUT2D eigenvalue weighted by molar-refractivity contribution is -0.135. The maximum Gasteiger partial charge on any atom is 0.322 e. The standard InChI is InChI=1S/C15H20N2O3/c18-14(19)10-16-15(20)13-6-4-5-12(9-13)11-17-7-2-1-3-8-17/h4-6,9H,1-3,7-8,10-11H2,(H,16,20)(H,18,19). The molecule has 20 heavy (non-hydrogen) atoms. The second-order valence-electron chi connectivity index (χ2n) is 5.11. The summed E-state index contributed by atoms with van der Waals surface area (Å²) < 4.78 is 0. The molecule has 1 aromatic rings. The van der Waals surface area contributed by atoms with Crippen LogP contribution in [0.1, 0.15) is 35.2 Å². The van der Waals surface area contributed by atoms with Crippen LogP contribution >= 0.6 is 0 Å². The van der Waals surface area contributed by atoms with Crippen LogP contribution in [0.25, 0.3) is 0 Å². The number of rotatable bonds is 5. The molecule has 1 fully saturated rings. The zero-order valence-corrected chi connectivity index (χ0v) is 11.5. The first kappa shape index (κ1) is 14.5. The molecule has 0 bridgehead atoms. The number of piperidine rings is 1. The van der Waals surface area contributed by atoms with E-state index in [4.69, 9.17) is 5.11 Å². The predicted molar refractivity (Wildman–Crippen MR) is 75.5 cm³/mol. The first-order valence-electron chi connectivity index (χ1n) is 6.96. The van der Waals surface area contributed by atoms with Gasteiger partial charge in [0.25, 0.3) is 5.91 Å². The summed E-state index contributed by atoms with van der Waals surface area (Å²) in [7, 11) is 0. The van der Waals surface area contributed by atoms with Gasteiger partial charge in [0.05, 0.1) is 0 Å². The number of nitrogens with one attached hydrogen (secondary N) is 1. The van der Waals surface area contributed by atoms with Crippen LogP contribution in [0, 0.1) is 0 Å². The lowest BCUT2D eigenvalue weighted by atomic mass is 10.1. The van der Waals surface area contributed by atoms with Gasteiger partial charge in [-0.05, 0) is 43.6 Å². The topological polar surface area (TPSA) is 69.6 Å². The Balaban J connectivity index is 1.96. The fourth-order valence-corrected chi connectivity index (χ4v) is 2.44. The van der Waals surface area contributed by atoms with Crippen molar-refractivity contribution >= 4 is 11.9 Å². The Morgan fingerprint density at radius 1 is 1.20 bits per heavy atom. The summed E-state index contributed by atoms with van der Waals surface area (Å²) in [5.74, 6) is -1.38. The van der Waals surface area contributed by atoms with Gasteiger partial charge >= 0.3 is 5.97 Å². The SMILES string of the molecule is O=C(O)CNC(=O)c1cccc(CN2CCCCC2)c1. The number of carbonyl (C=O) groups excluding carboxylic acids is 1. The van der Waals surface area contributed by atoms with Crippen LogP contribution in [0.4, 0.5) is 0 Å². The molecule has 0 saturated carbocycles. The number of amides is 1. The summed E-state index contributed by atoms with van der Waals surface area (Å²) in [6, 6.07) is 7.39. The predicted octanol–water partition coefficient (Wildman–Crippen LogP) is 1.49. The van der Waals surface area contributed by atoms with Gasteiger partial charge < -0.3 is 10.4 Å². The fourth-order valence-electron chi connectivity index (χ4n) is 2.44. The van der Waals surface area contributed by atoms with E-state index in [0.717, 1.165) is 25.2 Å². The van der Waals surface area contributed by atoms with Crippen LogP contribution in [0.3, 0.4) is 0 Å². The largest absolute Gasteiger partial charge is 0.480 e. The van der Waals surface area contributed by atoms with Crippen molar-refractivity contribution < 1.29 is 14.7 Å². The smallest absolute Gasteiger partial charge is 0.322 e. The zero-order chi connectivity index (χ0) is 14.4. The number of carboxylic acids is 1. The van der Waals surface area contributed by atoms with Gasteiger partial charge in [-0.15, -0.1) is 0 Å². The normalized spacial score (nSPS) is 15.8. The highest BCUT2D eigenvalue weighted by atomic mass is 16.4. The Morgan fingerprint density at radius 2 is 1.95 bits per heavy atom. The van der Waals surface area contributed by atoms with Crippen LogP contribution in [-0.4, -0.2) is 41.5 Å². The molecule has 1 saturated heterocycles. The number of aliphatic carboxylic acids is 1. The molecule has 2 rings (SSSR count). The van der Waals surface area contributed by atoms with Gasteiger partial charge in [0.2, 0.25) is 0 Å². The molecule has 0 radical (unpaired) electrons. The van der Waals surface area contributed by atoms with Crippen molar-refractivity contribution in [2.75, 3.05) is 19.6 Å². The van der Waals surface area contributed by atoms with Gasteiger partial charge in [0.1, 0.15) is 6.54 Å². The van der Waals surface area contributed by atoms with Crippen molar-refractivity contribution in [2.45, 2.75) is 25.8 Å². The maximum absolute atomic E-state index is 11.8. The summed E-state index contributed by atoms with van der Waals surface area (Å²) >= 11 is 0. The summed E-state index contributed by atoms with van der Waals surface area (Å²) in [5, 5.41) is 10.9. The number of hydrogen-bond donors (Lipinski definition) is 2. The van der Waals surface area contributed by atoms with Gasteiger partial charge in [-0.2, -0.15) is 0 Å².